The summed E-state index contributed by atoms with van der Waals surface area (Å²) in [6.07, 6.45) is 0.579. The number of rotatable bonds is 4. The zero-order valence-corrected chi connectivity index (χ0v) is 9.10. The maximum atomic E-state index is 10.6. The van der Waals surface area contributed by atoms with Gasteiger partial charge in [0.25, 0.3) is 0 Å². The summed E-state index contributed by atoms with van der Waals surface area (Å²) in [6.45, 7) is 2.31. The summed E-state index contributed by atoms with van der Waals surface area (Å²) in [7, 11) is 0. The van der Waals surface area contributed by atoms with E-state index in [1.165, 1.54) is 0 Å². The standard InChI is InChI=1S/C10H12BrNO/c1-8(13)6-7-12-10-4-2-9(11)3-5-10/h2-5,12H,6-7H2,1H3. The molecule has 0 bridgehead atoms. The number of nitrogens with one attached hydrogen (secondary N) is 1. The fourth-order valence-electron chi connectivity index (χ4n) is 0.951. The van der Waals surface area contributed by atoms with Crippen molar-refractivity contribution in [3.05, 3.63) is 28.7 Å². The van der Waals surface area contributed by atoms with Crippen LogP contribution in [0.4, 0.5) is 5.69 Å². The molecular formula is C10H12BrNO. The third-order valence-electron chi connectivity index (χ3n) is 1.65. The molecule has 0 unspecified atom stereocenters. The molecule has 0 aromatic heterocycles. The molecule has 13 heavy (non-hydrogen) atoms. The minimum absolute atomic E-state index is 0.213. The van der Waals surface area contributed by atoms with Crippen LogP contribution in [0.2, 0.25) is 0 Å². The number of anilines is 1. The van der Waals surface area contributed by atoms with Crippen molar-refractivity contribution >= 4 is 27.4 Å². The van der Waals surface area contributed by atoms with Crippen molar-refractivity contribution in [2.45, 2.75) is 13.3 Å². The summed E-state index contributed by atoms with van der Waals surface area (Å²) in [5.41, 5.74) is 1.05. The van der Waals surface area contributed by atoms with E-state index in [4.69, 9.17) is 0 Å². The summed E-state index contributed by atoms with van der Waals surface area (Å²) < 4.78 is 1.06. The first-order chi connectivity index (χ1) is 6.18. The molecule has 1 aromatic rings. The molecule has 1 rings (SSSR count). The molecule has 1 N–H and O–H groups in total. The van der Waals surface area contributed by atoms with Crippen LogP contribution >= 0.6 is 15.9 Å². The van der Waals surface area contributed by atoms with Crippen LogP contribution in [0.25, 0.3) is 0 Å². The zero-order chi connectivity index (χ0) is 9.68. The lowest BCUT2D eigenvalue weighted by atomic mass is 10.3. The zero-order valence-electron chi connectivity index (χ0n) is 7.51. The Labute approximate surface area is 86.5 Å². The van der Waals surface area contributed by atoms with Crippen LogP contribution in [0.15, 0.2) is 28.7 Å². The minimum Gasteiger partial charge on any atom is -0.385 e. The van der Waals surface area contributed by atoms with Crippen LogP contribution in [0.1, 0.15) is 13.3 Å². The molecule has 0 atom stereocenters. The number of carbonyl (C=O) groups excluding carboxylic acids is 1. The number of benzene rings is 1. The van der Waals surface area contributed by atoms with E-state index < -0.39 is 0 Å². The van der Waals surface area contributed by atoms with Crippen molar-refractivity contribution < 1.29 is 4.79 Å². The SMILES string of the molecule is CC(=O)CCNc1ccc(Br)cc1. The Morgan fingerprint density at radius 3 is 2.54 bits per heavy atom. The van der Waals surface area contributed by atoms with Gasteiger partial charge in [-0.1, -0.05) is 15.9 Å². The van der Waals surface area contributed by atoms with Crippen molar-refractivity contribution in [3.8, 4) is 0 Å². The van der Waals surface area contributed by atoms with Crippen molar-refractivity contribution in [2.75, 3.05) is 11.9 Å². The Morgan fingerprint density at radius 2 is 2.00 bits per heavy atom. The third-order valence-corrected chi connectivity index (χ3v) is 2.18. The molecule has 0 saturated carbocycles. The number of halogens is 1. The van der Waals surface area contributed by atoms with Crippen molar-refractivity contribution in [2.24, 2.45) is 0 Å². The average molecular weight is 242 g/mol. The molecule has 0 radical (unpaired) electrons. The van der Waals surface area contributed by atoms with Gasteiger partial charge in [-0.05, 0) is 31.2 Å². The molecule has 1 aromatic carbocycles. The monoisotopic (exact) mass is 241 g/mol. The molecule has 70 valence electrons. The second-order valence-electron chi connectivity index (χ2n) is 2.89. The highest BCUT2D eigenvalue weighted by molar-refractivity contribution is 9.10. The Morgan fingerprint density at radius 1 is 1.38 bits per heavy atom. The summed E-state index contributed by atoms with van der Waals surface area (Å²) in [5.74, 6) is 0.213. The van der Waals surface area contributed by atoms with Crippen LogP contribution in [0, 0.1) is 0 Å². The van der Waals surface area contributed by atoms with Crippen molar-refractivity contribution in [3.63, 3.8) is 0 Å². The number of carbonyl (C=O) groups is 1. The fourth-order valence-corrected chi connectivity index (χ4v) is 1.21. The first kappa shape index (κ1) is 10.3. The Bertz CT molecular complexity index is 281. The van der Waals surface area contributed by atoms with Gasteiger partial charge in [-0.2, -0.15) is 0 Å². The number of ketones is 1. The third kappa shape index (κ3) is 4.08. The van der Waals surface area contributed by atoms with Crippen LogP contribution < -0.4 is 5.32 Å². The lowest BCUT2D eigenvalue weighted by Gasteiger charge is -2.04. The molecular weight excluding hydrogens is 230 g/mol. The molecule has 0 spiro atoms. The van der Waals surface area contributed by atoms with Gasteiger partial charge in [-0.3, -0.25) is 4.79 Å². The maximum Gasteiger partial charge on any atom is 0.131 e. The molecule has 0 heterocycles. The van der Waals surface area contributed by atoms with Crippen LogP contribution in [-0.4, -0.2) is 12.3 Å². The Hall–Kier alpha value is -0.830. The Balaban J connectivity index is 2.37. The maximum absolute atomic E-state index is 10.6. The minimum atomic E-state index is 0.213. The average Bonchev–Trinajstić information content (AvgIpc) is 2.08. The van der Waals surface area contributed by atoms with Gasteiger partial charge in [0.05, 0.1) is 0 Å². The summed E-state index contributed by atoms with van der Waals surface area (Å²) in [5, 5.41) is 3.16. The van der Waals surface area contributed by atoms with Crippen LogP contribution in [0.5, 0.6) is 0 Å². The molecule has 0 aliphatic carbocycles. The van der Waals surface area contributed by atoms with E-state index in [-0.39, 0.29) is 5.78 Å². The van der Waals surface area contributed by atoms with E-state index in [0.717, 1.165) is 10.2 Å². The number of hydrogen-bond acceptors (Lipinski definition) is 2. The van der Waals surface area contributed by atoms with E-state index in [1.807, 2.05) is 24.3 Å². The Kier molecular flexibility index (Phi) is 3.96. The van der Waals surface area contributed by atoms with E-state index in [9.17, 15) is 4.79 Å². The molecule has 3 heteroatoms. The lowest BCUT2D eigenvalue weighted by Crippen LogP contribution is -2.05. The highest BCUT2D eigenvalue weighted by Crippen LogP contribution is 2.13. The number of Topliss-reactive ketones (excluding diaryl/α,β-unsaturated/α-hetero) is 1. The molecule has 2 nitrogen and oxygen atoms in total. The van der Waals surface area contributed by atoms with Gasteiger partial charge in [0.15, 0.2) is 0 Å². The first-order valence-electron chi connectivity index (χ1n) is 4.17. The van der Waals surface area contributed by atoms with Crippen LogP contribution in [0.3, 0.4) is 0 Å². The molecule has 0 amide bonds. The topological polar surface area (TPSA) is 29.1 Å². The largest absolute Gasteiger partial charge is 0.385 e. The lowest BCUT2D eigenvalue weighted by molar-refractivity contribution is -0.116. The molecule has 0 aliphatic heterocycles. The van der Waals surface area contributed by atoms with Gasteiger partial charge in [-0.25, -0.2) is 0 Å². The molecule has 0 aliphatic rings. The normalized spacial score (nSPS) is 9.69. The predicted molar refractivity (Wildman–Crippen MR) is 57.9 cm³/mol. The molecule has 0 fully saturated rings. The van der Waals surface area contributed by atoms with Gasteiger partial charge < -0.3 is 5.32 Å². The number of hydrogen-bond donors (Lipinski definition) is 1. The summed E-state index contributed by atoms with van der Waals surface area (Å²) in [4.78, 5) is 10.6. The second-order valence-corrected chi connectivity index (χ2v) is 3.80. The van der Waals surface area contributed by atoms with Gasteiger partial charge in [0.2, 0.25) is 0 Å². The predicted octanol–water partition coefficient (Wildman–Crippen LogP) is 2.84. The van der Waals surface area contributed by atoms with Gasteiger partial charge >= 0.3 is 0 Å². The van der Waals surface area contributed by atoms with E-state index >= 15 is 0 Å². The van der Waals surface area contributed by atoms with Gasteiger partial charge in [0.1, 0.15) is 5.78 Å². The molecule has 0 saturated heterocycles. The quantitative estimate of drug-likeness (QED) is 0.879. The highest BCUT2D eigenvalue weighted by atomic mass is 79.9. The summed E-state index contributed by atoms with van der Waals surface area (Å²) in [6, 6.07) is 7.89. The van der Waals surface area contributed by atoms with Crippen molar-refractivity contribution in [1.29, 1.82) is 0 Å². The summed E-state index contributed by atoms with van der Waals surface area (Å²) >= 11 is 3.35. The first-order valence-corrected chi connectivity index (χ1v) is 4.96. The fraction of sp³-hybridized carbons (Fsp3) is 0.300. The van der Waals surface area contributed by atoms with Gasteiger partial charge in [0, 0.05) is 23.1 Å². The van der Waals surface area contributed by atoms with E-state index in [2.05, 4.69) is 21.2 Å². The van der Waals surface area contributed by atoms with E-state index in [0.29, 0.717) is 13.0 Å². The highest BCUT2D eigenvalue weighted by Gasteiger charge is 1.93. The van der Waals surface area contributed by atoms with Crippen molar-refractivity contribution in [1.82, 2.24) is 0 Å². The van der Waals surface area contributed by atoms with Gasteiger partial charge in [-0.15, -0.1) is 0 Å². The second kappa shape index (κ2) is 5.02. The van der Waals surface area contributed by atoms with E-state index in [1.54, 1.807) is 6.92 Å². The smallest absolute Gasteiger partial charge is 0.131 e. The van der Waals surface area contributed by atoms with Crippen LogP contribution in [-0.2, 0) is 4.79 Å².